The molecular formula is C14H18N4O3S. The average molecular weight is 322 g/mol. The summed E-state index contributed by atoms with van der Waals surface area (Å²) in [5, 5.41) is 8.83. The number of benzene rings is 1. The van der Waals surface area contributed by atoms with Crippen LogP contribution in [0.3, 0.4) is 0 Å². The van der Waals surface area contributed by atoms with Gasteiger partial charge in [0.05, 0.1) is 12.9 Å². The molecule has 0 unspecified atom stereocenters. The second-order valence-electron chi connectivity index (χ2n) is 4.37. The molecule has 0 spiro atoms. The van der Waals surface area contributed by atoms with Crippen molar-refractivity contribution >= 4 is 17.7 Å². The standard InChI is InChI=1S/C14H18N4O3S/c1-3-18-13(16-17-14(18)22-9-12(15)19)8-21-11-6-4-5-10(7-11)20-2/h4-7H,3,8-9H2,1-2H3,(H2,15,19). The maximum Gasteiger partial charge on any atom is 0.227 e. The number of carbonyl (C=O) groups is 1. The predicted octanol–water partition coefficient (Wildman–Crippen LogP) is 1.46. The second-order valence-corrected chi connectivity index (χ2v) is 5.31. The first-order valence-corrected chi connectivity index (χ1v) is 7.72. The first-order valence-electron chi connectivity index (χ1n) is 6.74. The Balaban J connectivity index is 2.04. The van der Waals surface area contributed by atoms with Crippen LogP contribution in [0.25, 0.3) is 0 Å². The Morgan fingerprint density at radius 3 is 2.82 bits per heavy atom. The van der Waals surface area contributed by atoms with Gasteiger partial charge in [0, 0.05) is 12.6 Å². The van der Waals surface area contributed by atoms with Crippen molar-refractivity contribution in [3.8, 4) is 11.5 Å². The molecule has 1 amide bonds. The molecule has 2 N–H and O–H groups in total. The number of hydrogen-bond acceptors (Lipinski definition) is 6. The van der Waals surface area contributed by atoms with Gasteiger partial charge in [-0.2, -0.15) is 0 Å². The van der Waals surface area contributed by atoms with Gasteiger partial charge in [-0.3, -0.25) is 4.79 Å². The number of amides is 1. The van der Waals surface area contributed by atoms with Crippen molar-refractivity contribution in [2.75, 3.05) is 12.9 Å². The molecule has 1 heterocycles. The zero-order valence-corrected chi connectivity index (χ0v) is 13.3. The molecule has 0 radical (unpaired) electrons. The van der Waals surface area contributed by atoms with Crippen LogP contribution in [-0.4, -0.2) is 33.5 Å². The number of nitrogens with two attached hydrogens (primary N) is 1. The number of aromatic nitrogens is 3. The Labute approximate surface area is 132 Å². The first-order chi connectivity index (χ1) is 10.6. The van der Waals surface area contributed by atoms with E-state index in [4.69, 9.17) is 15.2 Å². The largest absolute Gasteiger partial charge is 0.497 e. The zero-order chi connectivity index (χ0) is 15.9. The summed E-state index contributed by atoms with van der Waals surface area (Å²) in [5.74, 6) is 1.90. The number of rotatable bonds is 8. The molecule has 0 atom stereocenters. The highest BCUT2D eigenvalue weighted by Gasteiger charge is 2.12. The van der Waals surface area contributed by atoms with Crippen LogP contribution in [0.1, 0.15) is 12.7 Å². The Bertz CT molecular complexity index is 645. The lowest BCUT2D eigenvalue weighted by Crippen LogP contribution is -2.14. The van der Waals surface area contributed by atoms with E-state index in [0.29, 0.717) is 23.3 Å². The number of methoxy groups -OCH3 is 1. The van der Waals surface area contributed by atoms with Gasteiger partial charge in [0.25, 0.3) is 0 Å². The van der Waals surface area contributed by atoms with Crippen LogP contribution in [0.2, 0.25) is 0 Å². The highest BCUT2D eigenvalue weighted by molar-refractivity contribution is 7.99. The zero-order valence-electron chi connectivity index (χ0n) is 12.5. The van der Waals surface area contributed by atoms with Gasteiger partial charge in [0.1, 0.15) is 18.1 Å². The quantitative estimate of drug-likeness (QED) is 0.740. The molecule has 0 aliphatic rings. The highest BCUT2D eigenvalue weighted by atomic mass is 32.2. The molecular weight excluding hydrogens is 304 g/mol. The number of ether oxygens (including phenoxy) is 2. The van der Waals surface area contributed by atoms with E-state index in [-0.39, 0.29) is 18.3 Å². The third kappa shape index (κ3) is 4.14. The minimum atomic E-state index is -0.384. The van der Waals surface area contributed by atoms with E-state index < -0.39 is 0 Å². The van der Waals surface area contributed by atoms with Crippen molar-refractivity contribution in [3.05, 3.63) is 30.1 Å². The lowest BCUT2D eigenvalue weighted by molar-refractivity contribution is -0.115. The smallest absolute Gasteiger partial charge is 0.227 e. The Morgan fingerprint density at radius 2 is 2.14 bits per heavy atom. The summed E-state index contributed by atoms with van der Waals surface area (Å²) in [7, 11) is 1.61. The molecule has 0 aliphatic carbocycles. The average Bonchev–Trinajstić information content (AvgIpc) is 2.93. The van der Waals surface area contributed by atoms with Crippen molar-refractivity contribution in [3.63, 3.8) is 0 Å². The van der Waals surface area contributed by atoms with E-state index in [1.165, 1.54) is 11.8 Å². The van der Waals surface area contributed by atoms with Crippen LogP contribution in [0.15, 0.2) is 29.4 Å². The van der Waals surface area contributed by atoms with Gasteiger partial charge in [-0.25, -0.2) is 0 Å². The molecule has 0 saturated carbocycles. The maximum absolute atomic E-state index is 10.9. The Hall–Kier alpha value is -2.22. The van der Waals surface area contributed by atoms with Crippen LogP contribution in [0.4, 0.5) is 0 Å². The fraction of sp³-hybridized carbons (Fsp3) is 0.357. The van der Waals surface area contributed by atoms with Crippen LogP contribution in [0, 0.1) is 0 Å². The maximum atomic E-state index is 10.9. The minimum absolute atomic E-state index is 0.175. The molecule has 7 nitrogen and oxygen atoms in total. The van der Waals surface area contributed by atoms with E-state index in [1.54, 1.807) is 13.2 Å². The van der Waals surface area contributed by atoms with Crippen LogP contribution < -0.4 is 15.2 Å². The molecule has 0 fully saturated rings. The van der Waals surface area contributed by atoms with E-state index in [1.807, 2.05) is 29.7 Å². The Kier molecular flexibility index (Phi) is 5.65. The molecule has 0 saturated heterocycles. The van der Waals surface area contributed by atoms with Gasteiger partial charge in [-0.15, -0.1) is 10.2 Å². The molecule has 2 aromatic rings. The summed E-state index contributed by atoms with van der Waals surface area (Å²) in [6.07, 6.45) is 0. The lowest BCUT2D eigenvalue weighted by atomic mass is 10.3. The summed E-state index contributed by atoms with van der Waals surface area (Å²) in [6, 6.07) is 7.35. The summed E-state index contributed by atoms with van der Waals surface area (Å²) < 4.78 is 12.8. The van der Waals surface area contributed by atoms with Gasteiger partial charge < -0.3 is 19.8 Å². The van der Waals surface area contributed by atoms with Crippen molar-refractivity contribution < 1.29 is 14.3 Å². The Morgan fingerprint density at radius 1 is 1.36 bits per heavy atom. The van der Waals surface area contributed by atoms with Gasteiger partial charge in [-0.1, -0.05) is 17.8 Å². The monoisotopic (exact) mass is 322 g/mol. The van der Waals surface area contributed by atoms with Crippen LogP contribution >= 0.6 is 11.8 Å². The summed E-state index contributed by atoms with van der Waals surface area (Å²) in [4.78, 5) is 10.9. The van der Waals surface area contributed by atoms with E-state index >= 15 is 0 Å². The van der Waals surface area contributed by atoms with E-state index in [0.717, 1.165) is 5.75 Å². The van der Waals surface area contributed by atoms with Crippen molar-refractivity contribution in [2.24, 2.45) is 5.73 Å². The number of primary amides is 1. The summed E-state index contributed by atoms with van der Waals surface area (Å²) in [5.41, 5.74) is 5.15. The van der Waals surface area contributed by atoms with Crippen LogP contribution in [0.5, 0.6) is 11.5 Å². The molecule has 0 aliphatic heterocycles. The molecule has 0 bridgehead atoms. The minimum Gasteiger partial charge on any atom is -0.497 e. The third-order valence-electron chi connectivity index (χ3n) is 2.86. The lowest BCUT2D eigenvalue weighted by Gasteiger charge is -2.09. The van der Waals surface area contributed by atoms with Gasteiger partial charge in [0.15, 0.2) is 11.0 Å². The topological polar surface area (TPSA) is 92.3 Å². The molecule has 1 aromatic heterocycles. The number of nitrogens with zero attached hydrogens (tertiary/aromatic N) is 3. The first kappa shape index (κ1) is 16.2. The van der Waals surface area contributed by atoms with Gasteiger partial charge in [0.2, 0.25) is 5.91 Å². The van der Waals surface area contributed by atoms with E-state index in [9.17, 15) is 4.79 Å². The third-order valence-corrected chi connectivity index (χ3v) is 3.85. The summed E-state index contributed by atoms with van der Waals surface area (Å²) in [6.45, 7) is 2.95. The fourth-order valence-electron chi connectivity index (χ4n) is 1.82. The number of thioether (sulfide) groups is 1. The summed E-state index contributed by atoms with van der Waals surface area (Å²) >= 11 is 1.27. The normalized spacial score (nSPS) is 10.5. The van der Waals surface area contributed by atoms with Crippen molar-refractivity contribution in [1.29, 1.82) is 0 Å². The molecule has 22 heavy (non-hydrogen) atoms. The van der Waals surface area contributed by atoms with Crippen LogP contribution in [-0.2, 0) is 17.9 Å². The number of hydrogen-bond donors (Lipinski definition) is 1. The van der Waals surface area contributed by atoms with Crippen molar-refractivity contribution in [2.45, 2.75) is 25.2 Å². The molecule has 2 rings (SSSR count). The predicted molar refractivity (Wildman–Crippen MR) is 82.9 cm³/mol. The van der Waals surface area contributed by atoms with Crippen molar-refractivity contribution in [1.82, 2.24) is 14.8 Å². The number of carbonyl (C=O) groups excluding carboxylic acids is 1. The van der Waals surface area contributed by atoms with E-state index in [2.05, 4.69) is 10.2 Å². The molecule has 8 heteroatoms. The van der Waals surface area contributed by atoms with Gasteiger partial charge in [-0.05, 0) is 19.1 Å². The fourth-order valence-corrected chi connectivity index (χ4v) is 2.58. The molecule has 118 valence electrons. The second kappa shape index (κ2) is 7.69. The highest BCUT2D eigenvalue weighted by Crippen LogP contribution is 2.21. The molecule has 1 aromatic carbocycles. The SMILES string of the molecule is CCn1c(COc2cccc(OC)c2)nnc1SCC(N)=O. The van der Waals surface area contributed by atoms with Gasteiger partial charge >= 0.3 is 0 Å².